The van der Waals surface area contributed by atoms with Crippen LogP contribution in [0.25, 0.3) is 0 Å². The van der Waals surface area contributed by atoms with E-state index in [-0.39, 0.29) is 24.3 Å². The summed E-state index contributed by atoms with van der Waals surface area (Å²) in [6.07, 6.45) is -1.25. The number of ether oxygens (including phenoxy) is 2. The minimum atomic E-state index is -3.46. The Kier molecular flexibility index (Phi) is 11.1. The molecule has 2 aromatic carbocycles. The zero-order valence-electron chi connectivity index (χ0n) is 26.7. The fourth-order valence-corrected chi connectivity index (χ4v) is 5.43. The van der Waals surface area contributed by atoms with Crippen molar-refractivity contribution in [1.82, 2.24) is 15.5 Å². The molecule has 3 rings (SSSR count). The normalized spacial score (nSPS) is 18.0. The van der Waals surface area contributed by atoms with Crippen LogP contribution in [0.15, 0.2) is 42.5 Å². The molecule has 0 saturated carbocycles. The lowest BCUT2D eigenvalue weighted by atomic mass is 9.81. The quantitative estimate of drug-likeness (QED) is 0.285. The molecule has 1 fully saturated rings. The van der Waals surface area contributed by atoms with E-state index >= 15 is 8.78 Å². The van der Waals surface area contributed by atoms with Crippen LogP contribution in [-0.4, -0.2) is 71.8 Å². The summed E-state index contributed by atoms with van der Waals surface area (Å²) in [5.74, 6) is -7.24. The molecule has 3 atom stereocenters. The molecule has 2 aromatic rings. The first-order chi connectivity index (χ1) is 21.0. The molecule has 0 radical (unpaired) electrons. The molecule has 0 bridgehead atoms. The van der Waals surface area contributed by atoms with Crippen molar-refractivity contribution in [3.8, 4) is 5.75 Å². The highest BCUT2D eigenvalue weighted by atomic mass is 19.3. The maximum absolute atomic E-state index is 15.4. The number of aryl methyl sites for hydroxylation is 1. The predicted molar refractivity (Wildman–Crippen MR) is 162 cm³/mol. The number of rotatable bonds is 11. The van der Waals surface area contributed by atoms with E-state index in [1.807, 2.05) is 0 Å². The zero-order valence-corrected chi connectivity index (χ0v) is 26.7. The number of alkyl halides is 2. The molecule has 0 spiro atoms. The van der Waals surface area contributed by atoms with E-state index in [2.05, 4.69) is 10.6 Å². The Morgan fingerprint density at radius 3 is 2.24 bits per heavy atom. The average molecular weight is 630 g/mol. The van der Waals surface area contributed by atoms with Crippen LogP contribution < -0.4 is 15.4 Å². The maximum Gasteiger partial charge on any atom is 0.308 e. The van der Waals surface area contributed by atoms with Crippen LogP contribution in [0.5, 0.6) is 5.75 Å². The number of nitrogens with one attached hydrogen (secondary N) is 2. The van der Waals surface area contributed by atoms with E-state index in [9.17, 15) is 24.0 Å². The van der Waals surface area contributed by atoms with Gasteiger partial charge >= 0.3 is 11.9 Å². The van der Waals surface area contributed by atoms with Gasteiger partial charge in [-0.2, -0.15) is 0 Å². The molecule has 12 heteroatoms. The molecule has 244 valence electrons. The van der Waals surface area contributed by atoms with Crippen LogP contribution in [-0.2, 0) is 30.3 Å². The van der Waals surface area contributed by atoms with E-state index in [1.165, 1.54) is 20.8 Å². The number of benzene rings is 2. The predicted octanol–water partition coefficient (Wildman–Crippen LogP) is 3.90. The Balaban J connectivity index is 2.10. The summed E-state index contributed by atoms with van der Waals surface area (Å²) in [5, 5.41) is 5.37. The first-order valence-electron chi connectivity index (χ1n) is 14.8. The highest BCUT2D eigenvalue weighted by Crippen LogP contribution is 2.48. The SMILES string of the molecule is CCCNC(=O)[C@H]1N(C(=O)C(OC(C)=O)C(Cc2ccccc2)NC(=O)c2cc(C)cc(OC(C)=O)c2C)CC(F)(F)C1(C)C. The molecule has 2 N–H and O–H groups in total. The lowest BCUT2D eigenvalue weighted by Crippen LogP contribution is -2.58. The molecule has 0 aliphatic carbocycles. The van der Waals surface area contributed by atoms with Crippen LogP contribution in [0.2, 0.25) is 0 Å². The van der Waals surface area contributed by atoms with Crippen LogP contribution in [0, 0.1) is 19.3 Å². The lowest BCUT2D eigenvalue weighted by molar-refractivity contribution is -0.162. The van der Waals surface area contributed by atoms with E-state index in [1.54, 1.807) is 63.2 Å². The van der Waals surface area contributed by atoms with Crippen molar-refractivity contribution < 1.29 is 42.2 Å². The highest BCUT2D eigenvalue weighted by molar-refractivity contribution is 5.98. The van der Waals surface area contributed by atoms with Gasteiger partial charge in [-0.1, -0.05) is 51.1 Å². The summed E-state index contributed by atoms with van der Waals surface area (Å²) in [6.45, 7) is 8.92. The molecule has 3 amide bonds. The molecule has 45 heavy (non-hydrogen) atoms. The topological polar surface area (TPSA) is 131 Å². The number of likely N-dealkylation sites (tertiary alicyclic amines) is 1. The standard InChI is InChI=1S/C33H41F2N3O7/c1-8-14-36-30(42)28-32(6,7)33(34,35)18-38(28)31(43)27(45-22(5)40)25(17-23-12-10-9-11-13-23)37-29(41)24-15-19(2)16-26(20(24)3)44-21(4)39/h9-13,15-16,25,27-28H,8,14,17-18H2,1-7H3,(H,36,42)(H,37,41)/t25?,27?,28-/m1/s1. The second-order valence-electron chi connectivity index (χ2n) is 11.9. The summed E-state index contributed by atoms with van der Waals surface area (Å²) >= 11 is 0. The number of carbonyl (C=O) groups is 5. The monoisotopic (exact) mass is 629 g/mol. The maximum atomic E-state index is 15.4. The van der Waals surface area contributed by atoms with Gasteiger partial charge in [0.15, 0.2) is 0 Å². The number of esters is 2. The molecular weight excluding hydrogens is 588 g/mol. The van der Waals surface area contributed by atoms with Crippen LogP contribution in [0.3, 0.4) is 0 Å². The summed E-state index contributed by atoms with van der Waals surface area (Å²) in [5.41, 5.74) is -0.222. The lowest BCUT2D eigenvalue weighted by Gasteiger charge is -2.35. The second kappa shape index (κ2) is 14.2. The van der Waals surface area contributed by atoms with E-state index in [0.717, 1.165) is 11.8 Å². The summed E-state index contributed by atoms with van der Waals surface area (Å²) in [7, 11) is 0. The van der Waals surface area contributed by atoms with E-state index < -0.39 is 65.7 Å². The Hall–Kier alpha value is -4.35. The average Bonchev–Trinajstić information content (AvgIpc) is 3.14. The highest BCUT2D eigenvalue weighted by Gasteiger charge is 2.65. The molecular formula is C33H41F2N3O7. The number of nitrogens with zero attached hydrogens (tertiary/aromatic N) is 1. The summed E-state index contributed by atoms with van der Waals surface area (Å²) in [6, 6.07) is 9.06. The third-order valence-corrected chi connectivity index (χ3v) is 7.91. The van der Waals surface area contributed by atoms with Crippen molar-refractivity contribution in [2.24, 2.45) is 5.41 Å². The third kappa shape index (κ3) is 8.03. The van der Waals surface area contributed by atoms with Gasteiger partial charge in [0.2, 0.25) is 12.0 Å². The fraction of sp³-hybridized carbons (Fsp3) is 0.485. The first kappa shape index (κ1) is 35.1. The zero-order chi connectivity index (χ0) is 33.7. The van der Waals surface area contributed by atoms with Gasteiger partial charge in [0.25, 0.3) is 17.7 Å². The summed E-state index contributed by atoms with van der Waals surface area (Å²) in [4.78, 5) is 66.0. The van der Waals surface area contributed by atoms with Crippen molar-refractivity contribution >= 4 is 29.7 Å². The van der Waals surface area contributed by atoms with Crippen molar-refractivity contribution in [1.29, 1.82) is 0 Å². The minimum Gasteiger partial charge on any atom is -0.450 e. The minimum absolute atomic E-state index is 0.0295. The third-order valence-electron chi connectivity index (χ3n) is 7.91. The molecule has 1 aliphatic heterocycles. The van der Waals surface area contributed by atoms with Gasteiger partial charge in [0.05, 0.1) is 18.0 Å². The number of halogens is 2. The van der Waals surface area contributed by atoms with Crippen LogP contribution >= 0.6 is 0 Å². The Labute approximate surface area is 261 Å². The summed E-state index contributed by atoms with van der Waals surface area (Å²) < 4.78 is 41.5. The van der Waals surface area contributed by atoms with Crippen molar-refractivity contribution in [2.75, 3.05) is 13.1 Å². The van der Waals surface area contributed by atoms with Gasteiger partial charge in [-0.15, -0.1) is 0 Å². The number of carbonyl (C=O) groups excluding carboxylic acids is 5. The number of hydrogen-bond donors (Lipinski definition) is 2. The largest absolute Gasteiger partial charge is 0.450 e. The van der Waals surface area contributed by atoms with Gasteiger partial charge in [0.1, 0.15) is 11.8 Å². The molecule has 10 nitrogen and oxygen atoms in total. The second-order valence-corrected chi connectivity index (χ2v) is 11.9. The smallest absolute Gasteiger partial charge is 0.308 e. The van der Waals surface area contributed by atoms with Crippen LogP contribution in [0.1, 0.15) is 68.1 Å². The molecule has 2 unspecified atom stereocenters. The molecule has 1 heterocycles. The van der Waals surface area contributed by atoms with Crippen molar-refractivity contribution in [3.63, 3.8) is 0 Å². The first-order valence-corrected chi connectivity index (χ1v) is 14.8. The molecule has 1 aliphatic rings. The van der Waals surface area contributed by atoms with Crippen molar-refractivity contribution in [3.05, 3.63) is 64.7 Å². The fourth-order valence-electron chi connectivity index (χ4n) is 5.43. The Morgan fingerprint density at radius 1 is 1.02 bits per heavy atom. The van der Waals surface area contributed by atoms with Gasteiger partial charge in [-0.05, 0) is 49.9 Å². The molecule has 1 saturated heterocycles. The van der Waals surface area contributed by atoms with E-state index in [4.69, 9.17) is 9.47 Å². The van der Waals surface area contributed by atoms with Gasteiger partial charge in [0, 0.05) is 31.5 Å². The Morgan fingerprint density at radius 2 is 1.67 bits per heavy atom. The van der Waals surface area contributed by atoms with Gasteiger partial charge in [-0.25, -0.2) is 8.78 Å². The molecule has 0 aromatic heterocycles. The Bertz CT molecular complexity index is 1450. The van der Waals surface area contributed by atoms with Gasteiger partial charge in [-0.3, -0.25) is 24.0 Å². The number of hydrogen-bond acceptors (Lipinski definition) is 7. The van der Waals surface area contributed by atoms with Crippen molar-refractivity contribution in [2.45, 2.75) is 85.4 Å². The van der Waals surface area contributed by atoms with Crippen LogP contribution in [0.4, 0.5) is 8.78 Å². The van der Waals surface area contributed by atoms with Gasteiger partial charge < -0.3 is 25.0 Å². The van der Waals surface area contributed by atoms with E-state index in [0.29, 0.717) is 23.1 Å². The number of amides is 3.